The lowest BCUT2D eigenvalue weighted by Crippen LogP contribution is -1.89. The average Bonchev–Trinajstić information content (AvgIpc) is 2.91. The molecule has 0 unspecified atom stereocenters. The number of benzene rings is 2. The molecule has 0 radical (unpaired) electrons. The molecule has 1 heterocycles. The summed E-state index contributed by atoms with van der Waals surface area (Å²) in [5.41, 5.74) is 4.27. The maximum atomic E-state index is 8.81. The summed E-state index contributed by atoms with van der Waals surface area (Å²) < 4.78 is 2.26. The fourth-order valence-corrected chi connectivity index (χ4v) is 2.52. The highest BCUT2D eigenvalue weighted by Crippen LogP contribution is 2.23. The van der Waals surface area contributed by atoms with E-state index in [2.05, 4.69) is 60.2 Å². The van der Waals surface area contributed by atoms with E-state index in [9.17, 15) is 0 Å². The Labute approximate surface area is 124 Å². The Bertz CT molecular complexity index is 830. The van der Waals surface area contributed by atoms with E-state index in [-0.39, 0.29) is 0 Å². The number of nitriles is 1. The fourth-order valence-electron chi connectivity index (χ4n) is 2.52. The Morgan fingerprint density at radius 3 is 2.52 bits per heavy atom. The van der Waals surface area contributed by atoms with Gasteiger partial charge in [-0.3, -0.25) is 0 Å². The fraction of sp³-hybridized carbons (Fsp3) is 0.105. The molecule has 0 aliphatic heterocycles. The van der Waals surface area contributed by atoms with E-state index in [1.807, 2.05) is 24.3 Å². The molecule has 0 saturated carbocycles. The third kappa shape index (κ3) is 2.59. The number of aromatic nitrogens is 1. The number of aryl methyl sites for hydroxylation is 1. The zero-order valence-electron chi connectivity index (χ0n) is 12.0. The highest BCUT2D eigenvalue weighted by atomic mass is 14.9. The van der Waals surface area contributed by atoms with Gasteiger partial charge in [-0.2, -0.15) is 5.26 Å². The molecule has 21 heavy (non-hydrogen) atoms. The van der Waals surface area contributed by atoms with Crippen LogP contribution in [0.4, 0.5) is 0 Å². The normalized spacial score (nSPS) is 11.0. The van der Waals surface area contributed by atoms with Gasteiger partial charge in [-0.05, 0) is 36.2 Å². The van der Waals surface area contributed by atoms with Gasteiger partial charge in [0.2, 0.25) is 0 Å². The van der Waals surface area contributed by atoms with Gasteiger partial charge in [0.15, 0.2) is 0 Å². The monoisotopic (exact) mass is 272 g/mol. The van der Waals surface area contributed by atoms with E-state index < -0.39 is 0 Å². The van der Waals surface area contributed by atoms with Crippen molar-refractivity contribution in [1.82, 2.24) is 4.57 Å². The number of para-hydroxylation sites is 1. The predicted octanol–water partition coefficient (Wildman–Crippen LogP) is 4.70. The Balaban J connectivity index is 1.97. The quantitative estimate of drug-likeness (QED) is 0.679. The Morgan fingerprint density at radius 2 is 1.81 bits per heavy atom. The van der Waals surface area contributed by atoms with Crippen molar-refractivity contribution in [3.8, 4) is 6.07 Å². The number of rotatable bonds is 3. The van der Waals surface area contributed by atoms with E-state index in [0.717, 1.165) is 12.1 Å². The SMILES string of the molecule is CCn1cc(C=Cc2ccc(C#N)cc2)c2ccccc21. The van der Waals surface area contributed by atoms with Crippen LogP contribution in [0.1, 0.15) is 23.6 Å². The van der Waals surface area contributed by atoms with Crippen molar-refractivity contribution >= 4 is 23.1 Å². The molecule has 0 N–H and O–H groups in total. The van der Waals surface area contributed by atoms with Crippen LogP contribution in [0.5, 0.6) is 0 Å². The van der Waals surface area contributed by atoms with Crippen LogP contribution >= 0.6 is 0 Å². The van der Waals surface area contributed by atoms with E-state index in [4.69, 9.17) is 5.26 Å². The molecular formula is C19H16N2. The molecule has 0 aliphatic carbocycles. The third-order valence-electron chi connectivity index (χ3n) is 3.66. The first-order chi connectivity index (χ1) is 10.3. The molecular weight excluding hydrogens is 256 g/mol. The van der Waals surface area contributed by atoms with Crippen LogP contribution in [0, 0.1) is 11.3 Å². The maximum absolute atomic E-state index is 8.81. The van der Waals surface area contributed by atoms with Crippen molar-refractivity contribution in [3.05, 3.63) is 71.4 Å². The summed E-state index contributed by atoms with van der Waals surface area (Å²) in [4.78, 5) is 0. The van der Waals surface area contributed by atoms with E-state index in [1.54, 1.807) is 0 Å². The molecule has 0 fully saturated rings. The topological polar surface area (TPSA) is 28.7 Å². The number of hydrogen-bond acceptors (Lipinski definition) is 1. The van der Waals surface area contributed by atoms with Gasteiger partial charge in [0.1, 0.15) is 0 Å². The second kappa shape index (κ2) is 5.68. The minimum atomic E-state index is 0.690. The van der Waals surface area contributed by atoms with Crippen LogP contribution in [0.15, 0.2) is 54.7 Å². The van der Waals surface area contributed by atoms with Crippen LogP contribution in [0.2, 0.25) is 0 Å². The summed E-state index contributed by atoms with van der Waals surface area (Å²) in [6, 6.07) is 18.2. The van der Waals surface area contributed by atoms with Gasteiger partial charge < -0.3 is 4.57 Å². The van der Waals surface area contributed by atoms with Gasteiger partial charge in [0.05, 0.1) is 11.6 Å². The Morgan fingerprint density at radius 1 is 1.05 bits per heavy atom. The molecule has 102 valence electrons. The zero-order chi connectivity index (χ0) is 14.7. The standard InChI is InChI=1S/C19H16N2/c1-2-21-14-17(18-5-3-4-6-19(18)21)12-11-15-7-9-16(13-20)10-8-15/h3-12,14H,2H2,1H3. The second-order valence-electron chi connectivity index (χ2n) is 4.95. The first kappa shape index (κ1) is 13.2. The van der Waals surface area contributed by atoms with Gasteiger partial charge in [0.25, 0.3) is 0 Å². The Kier molecular flexibility index (Phi) is 3.57. The molecule has 0 spiro atoms. The highest BCUT2D eigenvalue weighted by Gasteiger charge is 2.04. The molecule has 3 aromatic rings. The van der Waals surface area contributed by atoms with Crippen molar-refractivity contribution in [2.75, 3.05) is 0 Å². The van der Waals surface area contributed by atoms with Gasteiger partial charge >= 0.3 is 0 Å². The largest absolute Gasteiger partial charge is 0.347 e. The highest BCUT2D eigenvalue weighted by molar-refractivity contribution is 5.92. The predicted molar refractivity (Wildman–Crippen MR) is 87.7 cm³/mol. The van der Waals surface area contributed by atoms with E-state index >= 15 is 0 Å². The van der Waals surface area contributed by atoms with Crippen LogP contribution in [-0.2, 0) is 6.54 Å². The van der Waals surface area contributed by atoms with Gasteiger partial charge in [0, 0.05) is 23.6 Å². The van der Waals surface area contributed by atoms with Crippen molar-refractivity contribution < 1.29 is 0 Å². The van der Waals surface area contributed by atoms with Gasteiger partial charge in [-0.25, -0.2) is 0 Å². The Hall–Kier alpha value is -2.79. The molecule has 0 saturated heterocycles. The van der Waals surface area contributed by atoms with Crippen LogP contribution in [0.25, 0.3) is 23.1 Å². The van der Waals surface area contributed by atoms with Crippen LogP contribution < -0.4 is 0 Å². The molecule has 3 rings (SSSR count). The molecule has 0 bridgehead atoms. The summed E-state index contributed by atoms with van der Waals surface area (Å²) in [6.45, 7) is 3.12. The number of nitrogens with zero attached hydrogens (tertiary/aromatic N) is 2. The molecule has 2 nitrogen and oxygen atoms in total. The molecule has 1 aromatic heterocycles. The van der Waals surface area contributed by atoms with Crippen LogP contribution in [-0.4, -0.2) is 4.57 Å². The lowest BCUT2D eigenvalue weighted by atomic mass is 10.1. The third-order valence-corrected chi connectivity index (χ3v) is 3.66. The zero-order valence-corrected chi connectivity index (χ0v) is 12.0. The van der Waals surface area contributed by atoms with Gasteiger partial charge in [-0.1, -0.05) is 42.5 Å². The molecule has 2 heteroatoms. The lowest BCUT2D eigenvalue weighted by Gasteiger charge is -1.97. The van der Waals surface area contributed by atoms with Crippen LogP contribution in [0.3, 0.4) is 0 Å². The minimum absolute atomic E-state index is 0.690. The average molecular weight is 272 g/mol. The maximum Gasteiger partial charge on any atom is 0.0991 e. The minimum Gasteiger partial charge on any atom is -0.347 e. The summed E-state index contributed by atoms with van der Waals surface area (Å²) in [5, 5.41) is 10.1. The molecule has 2 aromatic carbocycles. The van der Waals surface area contributed by atoms with Crippen molar-refractivity contribution in [3.63, 3.8) is 0 Å². The number of hydrogen-bond donors (Lipinski definition) is 0. The molecule has 0 aliphatic rings. The molecule has 0 amide bonds. The van der Waals surface area contributed by atoms with Crippen molar-refractivity contribution in [2.24, 2.45) is 0 Å². The first-order valence-corrected chi connectivity index (χ1v) is 7.08. The summed E-state index contributed by atoms with van der Waals surface area (Å²) in [7, 11) is 0. The van der Waals surface area contributed by atoms with Crippen molar-refractivity contribution in [1.29, 1.82) is 5.26 Å². The van der Waals surface area contributed by atoms with E-state index in [1.165, 1.54) is 16.5 Å². The number of fused-ring (bicyclic) bond motifs is 1. The first-order valence-electron chi connectivity index (χ1n) is 7.08. The van der Waals surface area contributed by atoms with Crippen molar-refractivity contribution in [2.45, 2.75) is 13.5 Å². The smallest absolute Gasteiger partial charge is 0.0991 e. The summed E-state index contributed by atoms with van der Waals surface area (Å²) in [6.07, 6.45) is 6.41. The molecule has 0 atom stereocenters. The summed E-state index contributed by atoms with van der Waals surface area (Å²) >= 11 is 0. The van der Waals surface area contributed by atoms with E-state index in [0.29, 0.717) is 5.56 Å². The lowest BCUT2D eigenvalue weighted by molar-refractivity contribution is 0.797. The second-order valence-corrected chi connectivity index (χ2v) is 4.95. The summed E-state index contributed by atoms with van der Waals surface area (Å²) in [5.74, 6) is 0. The van der Waals surface area contributed by atoms with Gasteiger partial charge in [-0.15, -0.1) is 0 Å².